The first-order valence-electron chi connectivity index (χ1n) is 9.82. The minimum absolute atomic E-state index is 0.00413. The Morgan fingerprint density at radius 3 is 2.69 bits per heavy atom. The first-order valence-corrected chi connectivity index (χ1v) is 10.7. The van der Waals surface area contributed by atoms with Crippen molar-refractivity contribution in [3.63, 3.8) is 0 Å². The van der Waals surface area contributed by atoms with E-state index in [9.17, 15) is 9.59 Å². The topological polar surface area (TPSA) is 78.4 Å². The van der Waals surface area contributed by atoms with Gasteiger partial charge in [-0.2, -0.15) is 0 Å². The number of piperazine rings is 1. The molecule has 7 nitrogen and oxygen atoms in total. The van der Waals surface area contributed by atoms with E-state index in [2.05, 4.69) is 20.2 Å². The number of carbonyl (C=O) groups excluding carboxylic acids is 2. The maximum Gasteiger partial charge on any atom is 0.254 e. The molecule has 2 aromatic heterocycles. The highest BCUT2D eigenvalue weighted by molar-refractivity contribution is 7.16. The van der Waals surface area contributed by atoms with Gasteiger partial charge in [0.15, 0.2) is 0 Å². The van der Waals surface area contributed by atoms with Crippen LogP contribution in [0.1, 0.15) is 23.2 Å². The molecule has 3 heterocycles. The van der Waals surface area contributed by atoms with E-state index < -0.39 is 0 Å². The predicted octanol–water partition coefficient (Wildman–Crippen LogP) is 3.00. The van der Waals surface area contributed by atoms with Gasteiger partial charge >= 0.3 is 0 Å². The lowest BCUT2D eigenvalue weighted by Gasteiger charge is -2.35. The number of hydrogen-bond donors (Lipinski definition) is 1. The fourth-order valence-electron chi connectivity index (χ4n) is 3.65. The molecule has 2 aliphatic rings. The number of amides is 2. The van der Waals surface area contributed by atoms with Crippen LogP contribution in [0.5, 0.6) is 0 Å². The zero-order chi connectivity index (χ0) is 19.8. The van der Waals surface area contributed by atoms with Gasteiger partial charge in [0, 0.05) is 43.3 Å². The van der Waals surface area contributed by atoms with E-state index in [1.807, 2.05) is 28.5 Å². The molecule has 1 saturated carbocycles. The Bertz CT molecular complexity index is 1070. The Morgan fingerprint density at radius 1 is 1.07 bits per heavy atom. The van der Waals surface area contributed by atoms with Crippen LogP contribution in [0.25, 0.3) is 10.2 Å². The van der Waals surface area contributed by atoms with Crippen LogP contribution < -0.4 is 10.2 Å². The van der Waals surface area contributed by atoms with Gasteiger partial charge in [-0.15, -0.1) is 11.3 Å². The maximum atomic E-state index is 13.0. The van der Waals surface area contributed by atoms with Crippen LogP contribution >= 0.6 is 11.3 Å². The summed E-state index contributed by atoms with van der Waals surface area (Å²) < 4.78 is 0. The number of thiophene rings is 1. The fraction of sp³-hybridized carbons (Fsp3) is 0.333. The molecule has 0 spiro atoms. The van der Waals surface area contributed by atoms with E-state index in [-0.39, 0.29) is 17.7 Å². The van der Waals surface area contributed by atoms with Crippen molar-refractivity contribution < 1.29 is 9.59 Å². The van der Waals surface area contributed by atoms with Crippen molar-refractivity contribution in [2.45, 2.75) is 12.8 Å². The molecule has 5 rings (SSSR count). The van der Waals surface area contributed by atoms with E-state index in [4.69, 9.17) is 0 Å². The standard InChI is InChI=1S/C21H21N5O2S/c27-19(14-4-5-14)24-16-3-1-2-15(12-16)21(28)26-9-7-25(8-10-26)18-17-6-11-29-20(17)23-13-22-18/h1-3,6,11-14H,4-5,7-10H2,(H,24,27). The average Bonchev–Trinajstić information content (AvgIpc) is 3.50. The Hall–Kier alpha value is -3.00. The van der Waals surface area contributed by atoms with Crippen molar-refractivity contribution in [3.05, 3.63) is 47.6 Å². The number of fused-ring (bicyclic) bond motifs is 1. The molecule has 8 heteroatoms. The van der Waals surface area contributed by atoms with E-state index in [1.165, 1.54) is 0 Å². The number of aromatic nitrogens is 2. The first kappa shape index (κ1) is 18.1. The number of anilines is 2. The summed E-state index contributed by atoms with van der Waals surface area (Å²) in [5.74, 6) is 1.12. The number of rotatable bonds is 4. The van der Waals surface area contributed by atoms with Crippen molar-refractivity contribution in [2.75, 3.05) is 36.4 Å². The van der Waals surface area contributed by atoms with Crippen LogP contribution in [0.15, 0.2) is 42.0 Å². The third kappa shape index (κ3) is 3.67. The molecule has 1 aromatic carbocycles. The van der Waals surface area contributed by atoms with Gasteiger partial charge in [0.25, 0.3) is 5.91 Å². The average molecular weight is 407 g/mol. The molecule has 1 N–H and O–H groups in total. The van der Waals surface area contributed by atoms with Gasteiger partial charge in [0.05, 0.1) is 5.39 Å². The summed E-state index contributed by atoms with van der Waals surface area (Å²) in [4.78, 5) is 38.8. The highest BCUT2D eigenvalue weighted by Crippen LogP contribution is 2.30. The summed E-state index contributed by atoms with van der Waals surface area (Å²) in [6.07, 6.45) is 3.52. The highest BCUT2D eigenvalue weighted by atomic mass is 32.1. The molecule has 148 valence electrons. The number of carbonyl (C=O) groups is 2. The molecular weight excluding hydrogens is 386 g/mol. The smallest absolute Gasteiger partial charge is 0.254 e. The van der Waals surface area contributed by atoms with Gasteiger partial charge in [0.2, 0.25) is 5.91 Å². The summed E-state index contributed by atoms with van der Waals surface area (Å²) in [5, 5.41) is 6.01. The summed E-state index contributed by atoms with van der Waals surface area (Å²) >= 11 is 1.61. The molecule has 0 atom stereocenters. The Balaban J connectivity index is 1.25. The molecule has 2 fully saturated rings. The van der Waals surface area contributed by atoms with Crippen molar-refractivity contribution in [1.82, 2.24) is 14.9 Å². The molecule has 1 saturated heterocycles. The SMILES string of the molecule is O=C(Nc1cccc(C(=O)N2CCN(c3ncnc4sccc34)CC2)c1)C1CC1. The lowest BCUT2D eigenvalue weighted by Crippen LogP contribution is -2.49. The summed E-state index contributed by atoms with van der Waals surface area (Å²) in [5.41, 5.74) is 1.29. The molecule has 1 aliphatic heterocycles. The van der Waals surface area contributed by atoms with Crippen LogP contribution in [0.3, 0.4) is 0 Å². The normalized spacial score (nSPS) is 16.8. The molecule has 3 aromatic rings. The van der Waals surface area contributed by atoms with Gasteiger partial charge in [-0.1, -0.05) is 6.07 Å². The number of benzene rings is 1. The quantitative estimate of drug-likeness (QED) is 0.719. The molecular formula is C21H21N5O2S. The minimum Gasteiger partial charge on any atom is -0.352 e. The molecule has 0 unspecified atom stereocenters. The zero-order valence-corrected chi connectivity index (χ0v) is 16.7. The van der Waals surface area contributed by atoms with Crippen LogP contribution in [0, 0.1) is 5.92 Å². The van der Waals surface area contributed by atoms with E-state index in [0.29, 0.717) is 24.3 Å². The maximum absolute atomic E-state index is 13.0. The van der Waals surface area contributed by atoms with Gasteiger partial charge in [-0.3, -0.25) is 9.59 Å². The number of nitrogens with one attached hydrogen (secondary N) is 1. The van der Waals surface area contributed by atoms with Gasteiger partial charge < -0.3 is 15.1 Å². The van der Waals surface area contributed by atoms with Crippen LogP contribution in [-0.2, 0) is 4.79 Å². The third-order valence-corrected chi connectivity index (χ3v) is 6.25. The Kier molecular flexibility index (Phi) is 4.63. The molecule has 0 radical (unpaired) electrons. The Labute approximate surface area is 172 Å². The van der Waals surface area contributed by atoms with Crippen molar-refractivity contribution in [3.8, 4) is 0 Å². The van der Waals surface area contributed by atoms with Gasteiger partial charge in [-0.25, -0.2) is 9.97 Å². The van der Waals surface area contributed by atoms with E-state index in [0.717, 1.165) is 42.0 Å². The lowest BCUT2D eigenvalue weighted by molar-refractivity contribution is -0.117. The van der Waals surface area contributed by atoms with Crippen molar-refractivity contribution >= 4 is 44.9 Å². The van der Waals surface area contributed by atoms with Gasteiger partial charge in [-0.05, 0) is 42.5 Å². The van der Waals surface area contributed by atoms with E-state index >= 15 is 0 Å². The zero-order valence-electron chi connectivity index (χ0n) is 15.9. The highest BCUT2D eigenvalue weighted by Gasteiger charge is 2.30. The molecule has 29 heavy (non-hydrogen) atoms. The second-order valence-corrected chi connectivity index (χ2v) is 8.35. The lowest BCUT2D eigenvalue weighted by atomic mass is 10.1. The van der Waals surface area contributed by atoms with Crippen LogP contribution in [0.2, 0.25) is 0 Å². The molecule has 0 bridgehead atoms. The van der Waals surface area contributed by atoms with Crippen LogP contribution in [-0.4, -0.2) is 52.9 Å². The summed E-state index contributed by atoms with van der Waals surface area (Å²) in [6, 6.07) is 9.28. The fourth-order valence-corrected chi connectivity index (χ4v) is 4.38. The van der Waals surface area contributed by atoms with Gasteiger partial charge in [0.1, 0.15) is 17.0 Å². The van der Waals surface area contributed by atoms with Crippen molar-refractivity contribution in [2.24, 2.45) is 5.92 Å². The van der Waals surface area contributed by atoms with Crippen LogP contribution in [0.4, 0.5) is 11.5 Å². The minimum atomic E-state index is -0.00413. The summed E-state index contributed by atoms with van der Waals surface area (Å²) in [6.45, 7) is 2.72. The predicted molar refractivity (Wildman–Crippen MR) is 113 cm³/mol. The summed E-state index contributed by atoms with van der Waals surface area (Å²) in [7, 11) is 0. The number of hydrogen-bond acceptors (Lipinski definition) is 6. The monoisotopic (exact) mass is 407 g/mol. The first-order chi connectivity index (χ1) is 14.2. The Morgan fingerprint density at radius 2 is 1.90 bits per heavy atom. The van der Waals surface area contributed by atoms with Crippen molar-refractivity contribution in [1.29, 1.82) is 0 Å². The van der Waals surface area contributed by atoms with E-state index in [1.54, 1.807) is 29.8 Å². The second-order valence-electron chi connectivity index (χ2n) is 7.46. The largest absolute Gasteiger partial charge is 0.352 e. The second kappa shape index (κ2) is 7.44. The third-order valence-electron chi connectivity index (χ3n) is 5.43. The molecule has 2 amide bonds. The number of nitrogens with zero attached hydrogens (tertiary/aromatic N) is 4. The molecule has 1 aliphatic carbocycles.